The second-order valence-corrected chi connectivity index (χ2v) is 6.59. The third kappa shape index (κ3) is 4.65. The summed E-state index contributed by atoms with van der Waals surface area (Å²) in [6.45, 7) is 1.51. The summed E-state index contributed by atoms with van der Waals surface area (Å²) in [4.78, 5) is 11.7. The Morgan fingerprint density at radius 1 is 1.44 bits per heavy atom. The lowest BCUT2D eigenvalue weighted by molar-refractivity contribution is -0.138. The first kappa shape index (κ1) is 19.1. The molecule has 2 atom stereocenters. The van der Waals surface area contributed by atoms with E-state index in [4.69, 9.17) is 5.21 Å². The highest BCUT2D eigenvalue weighted by Gasteiger charge is 2.33. The fourth-order valence-corrected chi connectivity index (χ4v) is 3.00. The first-order valence-electron chi connectivity index (χ1n) is 7.11. The van der Waals surface area contributed by atoms with Crippen molar-refractivity contribution in [1.29, 1.82) is 0 Å². The van der Waals surface area contributed by atoms with Gasteiger partial charge in [-0.05, 0) is 31.5 Å². The van der Waals surface area contributed by atoms with Crippen LogP contribution < -0.4 is 5.48 Å². The lowest BCUT2D eigenvalue weighted by atomic mass is 9.88. The van der Waals surface area contributed by atoms with E-state index in [9.17, 15) is 22.3 Å². The number of amides is 1. The minimum Gasteiger partial charge on any atom is -0.772 e. The van der Waals surface area contributed by atoms with Crippen molar-refractivity contribution in [3.8, 4) is 11.3 Å². The molecule has 0 aliphatic carbocycles. The Morgan fingerprint density at radius 3 is 2.76 bits per heavy atom. The predicted octanol–water partition coefficient (Wildman–Crippen LogP) is 1.00. The standard InChI is InChI=1S/C14H16F2N4O4S/c1-14(8-25(23)24,13(21)18-22)4-5-20-7-12(17-19-20)9-2-3-10(15)11(16)6-9/h2-3,6-7,22H,4-5,8H2,1H3,(H,18,21)(H,23,24)/p-1/t14-/m0/s1. The molecule has 1 aromatic heterocycles. The third-order valence-electron chi connectivity index (χ3n) is 3.73. The molecule has 11 heteroatoms. The molecule has 1 unspecified atom stereocenters. The number of aromatic nitrogens is 3. The number of carbonyl (C=O) groups excluding carboxylic acids is 1. The molecule has 0 aliphatic heterocycles. The van der Waals surface area contributed by atoms with Crippen LogP contribution in [0.4, 0.5) is 8.78 Å². The van der Waals surface area contributed by atoms with E-state index in [0.717, 1.165) is 12.1 Å². The smallest absolute Gasteiger partial charge is 0.250 e. The first-order valence-corrected chi connectivity index (χ1v) is 8.35. The van der Waals surface area contributed by atoms with Gasteiger partial charge in [-0.15, -0.1) is 5.10 Å². The lowest BCUT2D eigenvalue weighted by Gasteiger charge is -2.27. The van der Waals surface area contributed by atoms with Crippen LogP contribution in [0.5, 0.6) is 0 Å². The van der Waals surface area contributed by atoms with Crippen molar-refractivity contribution in [2.45, 2.75) is 19.9 Å². The van der Waals surface area contributed by atoms with Crippen molar-refractivity contribution >= 4 is 17.0 Å². The van der Waals surface area contributed by atoms with E-state index in [1.54, 1.807) is 0 Å². The van der Waals surface area contributed by atoms with Gasteiger partial charge >= 0.3 is 0 Å². The number of rotatable bonds is 7. The molecule has 8 nitrogen and oxygen atoms in total. The minimum absolute atomic E-state index is 0.0496. The monoisotopic (exact) mass is 373 g/mol. The molecule has 2 N–H and O–H groups in total. The molecule has 136 valence electrons. The van der Waals surface area contributed by atoms with Gasteiger partial charge in [0.15, 0.2) is 11.6 Å². The SMILES string of the molecule is C[C@](CCn1cc(-c2ccc(F)c(F)c2)nn1)(CS(=O)[O-])C(=O)NO. The number of halogens is 2. The number of hydrogen-bond acceptors (Lipinski definition) is 6. The Bertz CT molecular complexity index is 801. The molecule has 2 aromatic rings. The first-order chi connectivity index (χ1) is 11.7. The van der Waals surface area contributed by atoms with Crippen LogP contribution in [0.25, 0.3) is 11.3 Å². The van der Waals surface area contributed by atoms with Crippen molar-refractivity contribution in [3.05, 3.63) is 36.0 Å². The summed E-state index contributed by atoms with van der Waals surface area (Å²) < 4.78 is 49.4. The Kier molecular flexibility index (Phi) is 5.93. The summed E-state index contributed by atoms with van der Waals surface area (Å²) in [7, 11) is 0. The maximum atomic E-state index is 13.3. The molecule has 2 rings (SSSR count). The quantitative estimate of drug-likeness (QED) is 0.424. The van der Waals surface area contributed by atoms with Crippen molar-refractivity contribution in [2.24, 2.45) is 5.41 Å². The van der Waals surface area contributed by atoms with Gasteiger partial charge in [-0.25, -0.2) is 14.3 Å². The largest absolute Gasteiger partial charge is 0.772 e. The Balaban J connectivity index is 2.13. The predicted molar refractivity (Wildman–Crippen MR) is 81.8 cm³/mol. The van der Waals surface area contributed by atoms with Crippen molar-refractivity contribution < 1.29 is 27.5 Å². The lowest BCUT2D eigenvalue weighted by Crippen LogP contribution is -2.42. The van der Waals surface area contributed by atoms with E-state index in [0.29, 0.717) is 11.3 Å². The van der Waals surface area contributed by atoms with E-state index in [1.165, 1.54) is 29.3 Å². The normalized spacial score (nSPS) is 14.8. The number of hydroxylamine groups is 1. The van der Waals surface area contributed by atoms with E-state index in [2.05, 4.69) is 10.3 Å². The molecule has 25 heavy (non-hydrogen) atoms. The number of aryl methyl sites for hydroxylation is 1. The van der Waals surface area contributed by atoms with E-state index in [-0.39, 0.29) is 13.0 Å². The average Bonchev–Trinajstić information content (AvgIpc) is 3.03. The van der Waals surface area contributed by atoms with E-state index >= 15 is 0 Å². The van der Waals surface area contributed by atoms with Crippen LogP contribution in [0.15, 0.2) is 24.4 Å². The summed E-state index contributed by atoms with van der Waals surface area (Å²) in [5.41, 5.74) is 0.702. The van der Waals surface area contributed by atoms with Crippen LogP contribution >= 0.6 is 0 Å². The van der Waals surface area contributed by atoms with Gasteiger partial charge in [-0.1, -0.05) is 16.3 Å². The number of nitrogens with one attached hydrogen (secondary N) is 1. The summed E-state index contributed by atoms with van der Waals surface area (Å²) in [5, 5.41) is 16.4. The van der Waals surface area contributed by atoms with Gasteiger partial charge in [0.1, 0.15) is 5.69 Å². The Morgan fingerprint density at radius 2 is 2.16 bits per heavy atom. The van der Waals surface area contributed by atoms with Gasteiger partial charge in [0.05, 0.1) is 11.6 Å². The topological polar surface area (TPSA) is 120 Å². The molecule has 0 radical (unpaired) electrons. The maximum Gasteiger partial charge on any atom is 0.250 e. The fraction of sp³-hybridized carbons (Fsp3) is 0.357. The molecule has 1 heterocycles. The average molecular weight is 373 g/mol. The van der Waals surface area contributed by atoms with Gasteiger partial charge in [0, 0.05) is 17.9 Å². The number of benzene rings is 1. The summed E-state index contributed by atoms with van der Waals surface area (Å²) in [6.07, 6.45) is 1.51. The van der Waals surface area contributed by atoms with Crippen molar-refractivity contribution in [1.82, 2.24) is 20.5 Å². The molecule has 0 saturated heterocycles. The van der Waals surface area contributed by atoms with Gasteiger partial charge in [-0.3, -0.25) is 18.9 Å². The van der Waals surface area contributed by atoms with Crippen molar-refractivity contribution in [2.75, 3.05) is 5.75 Å². The molecule has 0 saturated carbocycles. The molecule has 1 aromatic carbocycles. The Hall–Kier alpha value is -2.24. The minimum atomic E-state index is -2.49. The van der Waals surface area contributed by atoms with Gasteiger partial charge in [0.25, 0.3) is 0 Å². The second-order valence-electron chi connectivity index (χ2n) is 5.70. The third-order valence-corrected chi connectivity index (χ3v) is 4.61. The number of carbonyl (C=O) groups is 1. The zero-order valence-electron chi connectivity index (χ0n) is 13.1. The zero-order chi connectivity index (χ0) is 18.6. The molecule has 1 amide bonds. The van der Waals surface area contributed by atoms with E-state index < -0.39 is 39.8 Å². The van der Waals surface area contributed by atoms with Gasteiger partial charge in [-0.2, -0.15) is 0 Å². The molecular weight excluding hydrogens is 358 g/mol. The highest BCUT2D eigenvalue weighted by atomic mass is 32.2. The molecule has 0 aliphatic rings. The summed E-state index contributed by atoms with van der Waals surface area (Å²) in [6, 6.07) is 3.29. The molecule has 0 fully saturated rings. The van der Waals surface area contributed by atoms with Crippen LogP contribution in [0.3, 0.4) is 0 Å². The fourth-order valence-electron chi connectivity index (χ4n) is 2.20. The van der Waals surface area contributed by atoms with Crippen molar-refractivity contribution in [3.63, 3.8) is 0 Å². The Labute approximate surface area is 144 Å². The summed E-state index contributed by atoms with van der Waals surface area (Å²) >= 11 is -2.49. The van der Waals surface area contributed by atoms with Gasteiger partial charge in [0.2, 0.25) is 5.91 Å². The zero-order valence-corrected chi connectivity index (χ0v) is 13.9. The number of nitrogens with zero attached hydrogens (tertiary/aromatic N) is 3. The highest BCUT2D eigenvalue weighted by molar-refractivity contribution is 7.79. The molecular formula is C14H15F2N4O4S-. The van der Waals surface area contributed by atoms with Gasteiger partial charge < -0.3 is 4.55 Å². The maximum absolute atomic E-state index is 13.3. The molecule has 0 spiro atoms. The van der Waals surface area contributed by atoms with Crippen LogP contribution in [0, 0.1) is 17.0 Å². The summed E-state index contributed by atoms with van der Waals surface area (Å²) in [5.74, 6) is -3.31. The van der Waals surface area contributed by atoms with Crippen LogP contribution in [0.1, 0.15) is 13.3 Å². The van der Waals surface area contributed by atoms with Crippen LogP contribution in [-0.4, -0.2) is 40.6 Å². The van der Waals surface area contributed by atoms with E-state index in [1.807, 2.05) is 0 Å². The number of hydrogen-bond donors (Lipinski definition) is 2. The van der Waals surface area contributed by atoms with Crippen LogP contribution in [-0.2, 0) is 22.4 Å². The van der Waals surface area contributed by atoms with Crippen LogP contribution in [0.2, 0.25) is 0 Å². The highest BCUT2D eigenvalue weighted by Crippen LogP contribution is 2.24. The second kappa shape index (κ2) is 7.76. The molecule has 0 bridgehead atoms.